The van der Waals surface area contributed by atoms with Gasteiger partial charge in [-0.1, -0.05) is 53.0 Å². The zero-order valence-corrected chi connectivity index (χ0v) is 12.8. The van der Waals surface area contributed by atoms with Gasteiger partial charge in [-0.3, -0.25) is 0 Å². The average molecular weight is 336 g/mol. The Balaban J connectivity index is 2.12. The Labute approximate surface area is 132 Å². The monoisotopic (exact) mass is 334 g/mol. The van der Waals surface area contributed by atoms with Gasteiger partial charge in [0.1, 0.15) is 12.4 Å². The topological polar surface area (TPSA) is 9.23 Å². The van der Waals surface area contributed by atoms with E-state index in [1.54, 1.807) is 18.2 Å². The minimum atomic E-state index is 0.305. The Morgan fingerprint density at radius 1 is 0.947 bits per heavy atom. The van der Waals surface area contributed by atoms with Crippen LogP contribution in [0.1, 0.15) is 11.1 Å². The summed E-state index contributed by atoms with van der Waals surface area (Å²) in [6, 6.07) is 10.9. The standard InChI is InChI=1S/C14H10Cl4O/c15-7-9-4-5-13(12(17)6-9)19-8-10-2-1-3-11(16)14(10)18/h1-6H,7-8H2. The van der Waals surface area contributed by atoms with E-state index in [1.165, 1.54) is 0 Å². The maximum Gasteiger partial charge on any atom is 0.138 e. The molecule has 0 saturated heterocycles. The second-order valence-electron chi connectivity index (χ2n) is 3.90. The summed E-state index contributed by atoms with van der Waals surface area (Å²) >= 11 is 23.9. The first kappa shape index (κ1) is 14.8. The summed E-state index contributed by atoms with van der Waals surface area (Å²) < 4.78 is 5.64. The Bertz CT molecular complexity index is 584. The van der Waals surface area contributed by atoms with Gasteiger partial charge in [-0.25, -0.2) is 0 Å². The molecule has 1 nitrogen and oxygen atoms in total. The summed E-state index contributed by atoms with van der Waals surface area (Å²) in [5.41, 5.74) is 1.76. The van der Waals surface area contributed by atoms with Gasteiger partial charge >= 0.3 is 0 Å². The number of hydrogen-bond donors (Lipinski definition) is 0. The van der Waals surface area contributed by atoms with Gasteiger partial charge in [-0.05, 0) is 23.8 Å². The highest BCUT2D eigenvalue weighted by Gasteiger charge is 2.07. The number of hydrogen-bond acceptors (Lipinski definition) is 1. The molecule has 0 fully saturated rings. The molecule has 0 spiro atoms. The molecular formula is C14H10Cl4O. The highest BCUT2D eigenvalue weighted by atomic mass is 35.5. The lowest BCUT2D eigenvalue weighted by Gasteiger charge is -2.10. The normalized spacial score (nSPS) is 10.5. The van der Waals surface area contributed by atoms with Crippen LogP contribution in [0.3, 0.4) is 0 Å². The predicted octanol–water partition coefficient (Wildman–Crippen LogP) is 5.96. The first-order valence-electron chi connectivity index (χ1n) is 5.52. The maximum atomic E-state index is 6.10. The Morgan fingerprint density at radius 2 is 1.74 bits per heavy atom. The van der Waals surface area contributed by atoms with Crippen molar-refractivity contribution in [1.82, 2.24) is 0 Å². The van der Waals surface area contributed by atoms with Crippen LogP contribution in [-0.4, -0.2) is 0 Å². The van der Waals surface area contributed by atoms with Crippen LogP contribution in [0.2, 0.25) is 15.1 Å². The second kappa shape index (κ2) is 6.71. The molecule has 5 heteroatoms. The van der Waals surface area contributed by atoms with Crippen molar-refractivity contribution in [1.29, 1.82) is 0 Å². The van der Waals surface area contributed by atoms with E-state index in [2.05, 4.69) is 0 Å². The van der Waals surface area contributed by atoms with Crippen molar-refractivity contribution in [2.75, 3.05) is 0 Å². The lowest BCUT2D eigenvalue weighted by Crippen LogP contribution is -1.97. The van der Waals surface area contributed by atoms with Crippen molar-refractivity contribution >= 4 is 46.4 Å². The summed E-state index contributed by atoms with van der Waals surface area (Å²) in [6.07, 6.45) is 0. The number of ether oxygens (including phenoxy) is 1. The molecule has 19 heavy (non-hydrogen) atoms. The third-order valence-electron chi connectivity index (χ3n) is 2.57. The number of alkyl halides is 1. The zero-order chi connectivity index (χ0) is 13.8. The number of halogens is 4. The van der Waals surface area contributed by atoms with Crippen molar-refractivity contribution in [2.45, 2.75) is 12.5 Å². The molecule has 2 rings (SSSR count). The van der Waals surface area contributed by atoms with Gasteiger partial charge in [-0.15, -0.1) is 11.6 Å². The lowest BCUT2D eigenvalue weighted by molar-refractivity contribution is 0.306. The maximum absolute atomic E-state index is 6.10. The van der Waals surface area contributed by atoms with Crippen LogP contribution in [0.5, 0.6) is 5.75 Å². The van der Waals surface area contributed by atoms with E-state index >= 15 is 0 Å². The third-order valence-corrected chi connectivity index (χ3v) is 4.03. The van der Waals surface area contributed by atoms with Crippen LogP contribution in [-0.2, 0) is 12.5 Å². The molecule has 0 aliphatic carbocycles. The van der Waals surface area contributed by atoms with E-state index in [0.29, 0.717) is 33.3 Å². The number of rotatable bonds is 4. The average Bonchev–Trinajstić information content (AvgIpc) is 2.41. The van der Waals surface area contributed by atoms with Gasteiger partial charge < -0.3 is 4.74 Å². The van der Waals surface area contributed by atoms with E-state index in [4.69, 9.17) is 51.1 Å². The molecule has 2 aromatic rings. The quantitative estimate of drug-likeness (QED) is 0.626. The van der Waals surface area contributed by atoms with Crippen LogP contribution >= 0.6 is 46.4 Å². The summed E-state index contributed by atoms with van der Waals surface area (Å²) in [5.74, 6) is 1.01. The Kier molecular flexibility index (Phi) is 5.23. The van der Waals surface area contributed by atoms with Crippen molar-refractivity contribution < 1.29 is 4.74 Å². The summed E-state index contributed by atoms with van der Waals surface area (Å²) in [7, 11) is 0. The van der Waals surface area contributed by atoms with Crippen LogP contribution in [0.15, 0.2) is 36.4 Å². The molecule has 0 aromatic heterocycles. The van der Waals surface area contributed by atoms with Crippen LogP contribution in [0.4, 0.5) is 0 Å². The fourth-order valence-corrected chi connectivity index (χ4v) is 2.36. The second-order valence-corrected chi connectivity index (χ2v) is 5.36. The largest absolute Gasteiger partial charge is 0.487 e. The smallest absolute Gasteiger partial charge is 0.138 e. The van der Waals surface area contributed by atoms with E-state index in [-0.39, 0.29) is 0 Å². The molecule has 0 aliphatic heterocycles. The summed E-state index contributed by atoms with van der Waals surface area (Å²) in [6.45, 7) is 0.305. The summed E-state index contributed by atoms with van der Waals surface area (Å²) in [5, 5.41) is 1.53. The predicted molar refractivity (Wildman–Crippen MR) is 81.8 cm³/mol. The van der Waals surface area contributed by atoms with E-state index in [9.17, 15) is 0 Å². The zero-order valence-electron chi connectivity index (χ0n) is 9.80. The van der Waals surface area contributed by atoms with Gasteiger partial charge in [0.05, 0.1) is 15.1 Å². The van der Waals surface area contributed by atoms with Gasteiger partial charge in [-0.2, -0.15) is 0 Å². The minimum absolute atomic E-state index is 0.305. The molecule has 0 heterocycles. The van der Waals surface area contributed by atoms with Crippen molar-refractivity contribution in [2.24, 2.45) is 0 Å². The van der Waals surface area contributed by atoms with Crippen molar-refractivity contribution in [3.05, 3.63) is 62.6 Å². The van der Waals surface area contributed by atoms with Crippen molar-refractivity contribution in [3.63, 3.8) is 0 Å². The molecule has 0 atom stereocenters. The van der Waals surface area contributed by atoms with Crippen LogP contribution < -0.4 is 4.74 Å². The van der Waals surface area contributed by atoms with Crippen molar-refractivity contribution in [3.8, 4) is 5.75 Å². The van der Waals surface area contributed by atoms with Gasteiger partial charge in [0, 0.05) is 11.4 Å². The first-order valence-corrected chi connectivity index (χ1v) is 7.18. The Morgan fingerprint density at radius 3 is 2.42 bits per heavy atom. The molecule has 0 bridgehead atoms. The highest BCUT2D eigenvalue weighted by molar-refractivity contribution is 6.42. The van der Waals surface area contributed by atoms with E-state index in [1.807, 2.05) is 18.2 Å². The number of benzene rings is 2. The molecule has 100 valence electrons. The molecule has 0 amide bonds. The molecular weight excluding hydrogens is 326 g/mol. The fourth-order valence-electron chi connectivity index (χ4n) is 1.56. The molecule has 0 aliphatic rings. The lowest BCUT2D eigenvalue weighted by atomic mass is 10.2. The van der Waals surface area contributed by atoms with Crippen LogP contribution in [0.25, 0.3) is 0 Å². The van der Waals surface area contributed by atoms with Crippen LogP contribution in [0, 0.1) is 0 Å². The molecule has 0 radical (unpaired) electrons. The fraction of sp³-hybridized carbons (Fsp3) is 0.143. The SMILES string of the molecule is ClCc1ccc(OCc2cccc(Cl)c2Cl)c(Cl)c1. The molecule has 0 N–H and O–H groups in total. The highest BCUT2D eigenvalue weighted by Crippen LogP contribution is 2.29. The molecule has 0 saturated carbocycles. The third kappa shape index (κ3) is 3.70. The molecule has 2 aromatic carbocycles. The first-order chi connectivity index (χ1) is 9.11. The van der Waals surface area contributed by atoms with E-state index in [0.717, 1.165) is 11.1 Å². The summed E-state index contributed by atoms with van der Waals surface area (Å²) in [4.78, 5) is 0. The van der Waals surface area contributed by atoms with Gasteiger partial charge in [0.15, 0.2) is 0 Å². The van der Waals surface area contributed by atoms with Gasteiger partial charge in [0.2, 0.25) is 0 Å². The van der Waals surface area contributed by atoms with Gasteiger partial charge in [0.25, 0.3) is 0 Å². The van der Waals surface area contributed by atoms with E-state index < -0.39 is 0 Å². The minimum Gasteiger partial charge on any atom is -0.487 e. The molecule has 0 unspecified atom stereocenters. The Hall–Kier alpha value is -0.600.